The van der Waals surface area contributed by atoms with Gasteiger partial charge in [-0.05, 0) is 17.2 Å². The Balaban J connectivity index is 2.33. The molecule has 0 saturated carbocycles. The summed E-state index contributed by atoms with van der Waals surface area (Å²) >= 11 is 1.73. The van der Waals surface area contributed by atoms with Gasteiger partial charge in [-0.15, -0.1) is 0 Å². The van der Waals surface area contributed by atoms with Crippen molar-refractivity contribution < 1.29 is 0 Å². The van der Waals surface area contributed by atoms with Crippen LogP contribution < -0.4 is 5.73 Å². The number of aromatic nitrogens is 1. The van der Waals surface area contributed by atoms with Gasteiger partial charge in [0.15, 0.2) is 5.41 Å². The predicted molar refractivity (Wildman–Crippen MR) is 86.4 cm³/mol. The number of fused-ring (bicyclic) bond motifs is 1. The van der Waals surface area contributed by atoms with Gasteiger partial charge < -0.3 is 5.73 Å². The third kappa shape index (κ3) is 2.10. The molecular formula is C17H13N5S. The Morgan fingerprint density at radius 2 is 2.09 bits per heavy atom. The van der Waals surface area contributed by atoms with Crippen LogP contribution in [-0.4, -0.2) is 16.5 Å². The van der Waals surface area contributed by atoms with E-state index in [-0.39, 0.29) is 11.6 Å². The molecule has 6 heteroatoms. The number of nitrogens with zero attached hydrogens (tertiary/aromatic N) is 4. The summed E-state index contributed by atoms with van der Waals surface area (Å²) in [4.78, 5) is 4.13. The predicted octanol–water partition coefficient (Wildman–Crippen LogP) is 2.24. The first kappa shape index (κ1) is 15.2. The smallest absolute Gasteiger partial charge is 0.191 e. The molecule has 2 aliphatic rings. The van der Waals surface area contributed by atoms with Crippen molar-refractivity contribution in [2.45, 2.75) is 5.92 Å². The van der Waals surface area contributed by atoms with Crippen LogP contribution in [0.5, 0.6) is 0 Å². The van der Waals surface area contributed by atoms with Gasteiger partial charge in [0, 0.05) is 35.7 Å². The fourth-order valence-corrected chi connectivity index (χ4v) is 4.48. The zero-order chi connectivity index (χ0) is 16.4. The molecule has 0 saturated heterocycles. The number of hydrogen-bond acceptors (Lipinski definition) is 6. The Morgan fingerprint density at radius 3 is 2.70 bits per heavy atom. The van der Waals surface area contributed by atoms with Crippen LogP contribution in [-0.2, 0) is 0 Å². The normalized spacial score (nSPS) is 25.3. The van der Waals surface area contributed by atoms with Crippen LogP contribution in [0.3, 0.4) is 0 Å². The van der Waals surface area contributed by atoms with E-state index in [0.717, 1.165) is 22.6 Å². The maximum atomic E-state index is 9.80. The van der Waals surface area contributed by atoms with Crippen LogP contribution >= 0.6 is 11.8 Å². The lowest BCUT2D eigenvalue weighted by Gasteiger charge is -2.42. The number of nitrogens with two attached hydrogens (primary N) is 1. The third-order valence-electron chi connectivity index (χ3n) is 4.48. The Bertz CT molecular complexity index is 805. The van der Waals surface area contributed by atoms with E-state index >= 15 is 0 Å². The highest BCUT2D eigenvalue weighted by Crippen LogP contribution is 2.54. The summed E-state index contributed by atoms with van der Waals surface area (Å²) in [6, 6.07) is 9.96. The molecule has 5 nitrogen and oxygen atoms in total. The van der Waals surface area contributed by atoms with Crippen molar-refractivity contribution in [3.05, 3.63) is 53.0 Å². The van der Waals surface area contributed by atoms with E-state index in [4.69, 9.17) is 5.73 Å². The molecule has 2 atom stereocenters. The molecule has 2 N–H and O–H groups in total. The lowest BCUT2D eigenvalue weighted by atomic mass is 9.59. The molecule has 0 unspecified atom stereocenters. The van der Waals surface area contributed by atoms with Crippen LogP contribution in [0, 0.1) is 45.3 Å². The summed E-state index contributed by atoms with van der Waals surface area (Å²) in [6.07, 6.45) is 5.32. The van der Waals surface area contributed by atoms with Crippen LogP contribution in [0.15, 0.2) is 47.4 Å². The summed E-state index contributed by atoms with van der Waals surface area (Å²) in [5, 5.41) is 29.1. The molecule has 1 aliphatic carbocycles. The van der Waals surface area contributed by atoms with Gasteiger partial charge >= 0.3 is 0 Å². The summed E-state index contributed by atoms with van der Waals surface area (Å²) in [6.45, 7) is 0. The monoisotopic (exact) mass is 319 g/mol. The average molecular weight is 319 g/mol. The van der Waals surface area contributed by atoms with Crippen LogP contribution in [0.2, 0.25) is 0 Å². The van der Waals surface area contributed by atoms with Gasteiger partial charge in [0.05, 0.1) is 23.4 Å². The van der Waals surface area contributed by atoms with Crippen molar-refractivity contribution in [3.8, 4) is 18.2 Å². The highest BCUT2D eigenvalue weighted by Gasteiger charge is 2.53. The number of thioether (sulfide) groups is 1. The lowest BCUT2D eigenvalue weighted by Crippen LogP contribution is -2.43. The average Bonchev–Trinajstić information content (AvgIpc) is 2.61. The van der Waals surface area contributed by atoms with E-state index in [1.807, 2.05) is 12.1 Å². The van der Waals surface area contributed by atoms with Crippen LogP contribution in [0.25, 0.3) is 0 Å². The fraction of sp³-hybridized carbons (Fsp3) is 0.294. The standard InChI is InChI=1S/C17H13N5S/c18-6-13-12-3-5-23-8-14(12)15(11-2-1-4-22-7-11)17(9-19,10-20)16(13)21/h1-4,7,14-15H,5,8,21H2/t14-,15+/m0/s1. The number of pyridine rings is 1. The minimum absolute atomic E-state index is 0.0632. The molecule has 0 radical (unpaired) electrons. The molecule has 1 aromatic rings. The summed E-state index contributed by atoms with van der Waals surface area (Å²) in [7, 11) is 0. The number of hydrogen-bond donors (Lipinski definition) is 1. The molecule has 0 bridgehead atoms. The second-order valence-electron chi connectivity index (χ2n) is 5.50. The second-order valence-corrected chi connectivity index (χ2v) is 6.57. The molecular weight excluding hydrogens is 306 g/mol. The van der Waals surface area contributed by atoms with Gasteiger partial charge in [0.2, 0.25) is 0 Å². The van der Waals surface area contributed by atoms with E-state index in [1.54, 1.807) is 30.2 Å². The minimum Gasteiger partial charge on any atom is -0.399 e. The van der Waals surface area contributed by atoms with Gasteiger partial charge in [-0.2, -0.15) is 27.5 Å². The number of rotatable bonds is 1. The minimum atomic E-state index is -1.55. The Labute approximate surface area is 138 Å². The largest absolute Gasteiger partial charge is 0.399 e. The Morgan fingerprint density at radius 1 is 1.30 bits per heavy atom. The van der Waals surface area contributed by atoms with Gasteiger partial charge in [0.1, 0.15) is 6.07 Å². The molecule has 112 valence electrons. The van der Waals surface area contributed by atoms with E-state index < -0.39 is 11.3 Å². The lowest BCUT2D eigenvalue weighted by molar-refractivity contribution is 0.367. The zero-order valence-electron chi connectivity index (χ0n) is 12.2. The van der Waals surface area contributed by atoms with Crippen LogP contribution in [0.4, 0.5) is 0 Å². The van der Waals surface area contributed by atoms with E-state index in [2.05, 4.69) is 23.2 Å². The van der Waals surface area contributed by atoms with E-state index in [0.29, 0.717) is 5.57 Å². The van der Waals surface area contributed by atoms with E-state index in [1.165, 1.54) is 0 Å². The topological polar surface area (TPSA) is 110 Å². The first-order valence-electron chi connectivity index (χ1n) is 7.10. The van der Waals surface area contributed by atoms with E-state index in [9.17, 15) is 15.8 Å². The Kier molecular flexibility index (Phi) is 3.82. The maximum absolute atomic E-state index is 9.80. The van der Waals surface area contributed by atoms with Gasteiger partial charge in [-0.25, -0.2) is 0 Å². The Hall–Kier alpha value is -2.75. The first-order valence-corrected chi connectivity index (χ1v) is 8.26. The van der Waals surface area contributed by atoms with Crippen molar-refractivity contribution >= 4 is 11.8 Å². The SMILES string of the molecule is N#CC1=C(N)C(C#N)(C#N)[C@H](c2cccnc2)[C@H]2CSCC=C12. The molecule has 23 heavy (non-hydrogen) atoms. The summed E-state index contributed by atoms with van der Waals surface area (Å²) in [5.74, 6) is 1.02. The molecule has 2 heterocycles. The third-order valence-corrected chi connectivity index (χ3v) is 5.47. The first-order chi connectivity index (χ1) is 11.2. The highest BCUT2D eigenvalue weighted by atomic mass is 32.2. The molecule has 0 aromatic carbocycles. The van der Waals surface area contributed by atoms with Gasteiger partial charge in [0.25, 0.3) is 0 Å². The molecule has 1 aliphatic heterocycles. The highest BCUT2D eigenvalue weighted by molar-refractivity contribution is 7.99. The second kappa shape index (κ2) is 5.80. The zero-order valence-corrected chi connectivity index (χ0v) is 13.0. The van der Waals surface area contributed by atoms with Crippen molar-refractivity contribution in [1.82, 2.24) is 4.98 Å². The molecule has 0 fully saturated rings. The fourth-order valence-electron chi connectivity index (χ4n) is 3.42. The van der Waals surface area contributed by atoms with Crippen molar-refractivity contribution in [3.63, 3.8) is 0 Å². The molecule has 0 amide bonds. The van der Waals surface area contributed by atoms with Crippen molar-refractivity contribution in [2.24, 2.45) is 17.1 Å². The summed E-state index contributed by atoms with van der Waals surface area (Å²) < 4.78 is 0. The molecule has 1 aromatic heterocycles. The van der Waals surface area contributed by atoms with Gasteiger partial charge in [-0.3, -0.25) is 4.98 Å². The van der Waals surface area contributed by atoms with Crippen molar-refractivity contribution in [2.75, 3.05) is 11.5 Å². The quantitative estimate of drug-likeness (QED) is 0.850. The van der Waals surface area contributed by atoms with Crippen molar-refractivity contribution in [1.29, 1.82) is 15.8 Å². The summed E-state index contributed by atoms with van der Waals surface area (Å²) in [5.41, 5.74) is 6.63. The maximum Gasteiger partial charge on any atom is 0.191 e. The van der Waals surface area contributed by atoms with Crippen LogP contribution in [0.1, 0.15) is 11.5 Å². The van der Waals surface area contributed by atoms with Gasteiger partial charge in [-0.1, -0.05) is 12.1 Å². The number of allylic oxidation sites excluding steroid dienone is 3. The molecule has 0 spiro atoms. The number of nitriles is 3. The molecule has 3 rings (SSSR count).